The molecule has 154 valence electrons. The van der Waals surface area contributed by atoms with Crippen LogP contribution in [-0.4, -0.2) is 114 Å². The van der Waals surface area contributed by atoms with Crippen molar-refractivity contribution in [2.45, 2.75) is 26.3 Å². The monoisotopic (exact) mass is 382 g/mol. The number of quaternary nitrogens is 1. The minimum Gasteiger partial charge on any atom is -0.477 e. The van der Waals surface area contributed by atoms with Crippen LogP contribution in [0.25, 0.3) is 0 Å². The minimum absolute atomic E-state index is 0.172. The van der Waals surface area contributed by atoms with Crippen LogP contribution in [0.5, 0.6) is 0 Å². The van der Waals surface area contributed by atoms with Gasteiger partial charge in [-0.3, -0.25) is 4.90 Å². The molecule has 27 heavy (non-hydrogen) atoms. The van der Waals surface area contributed by atoms with Gasteiger partial charge in [0.15, 0.2) is 6.54 Å². The van der Waals surface area contributed by atoms with E-state index in [4.69, 9.17) is 5.73 Å². The number of likely N-dealkylation sites (tertiary alicyclic amines) is 2. The standard InChI is InChI=1S/C19H35N5O3/c1-15(2)21-5-7-22(8-6-21)19(27)23-10-16-12-24(9-3-4-20,14-18(25)26)13-17(16)11-23/h15-17H,3-14,20H2,1-2H3/p+1/t16-,17-/m0/s1. The molecule has 3 rings (SSSR count). The molecule has 0 aromatic rings. The van der Waals surface area contributed by atoms with Crippen LogP contribution in [0, 0.1) is 11.8 Å². The predicted molar refractivity (Wildman–Crippen MR) is 103 cm³/mol. The van der Waals surface area contributed by atoms with E-state index >= 15 is 0 Å². The fourth-order valence-corrected chi connectivity index (χ4v) is 5.31. The molecule has 2 atom stereocenters. The number of urea groups is 1. The molecule has 0 unspecified atom stereocenters. The number of fused-ring (bicyclic) bond motifs is 1. The third-order valence-corrected chi connectivity index (χ3v) is 6.71. The molecular weight excluding hydrogens is 346 g/mol. The molecule has 3 aliphatic rings. The van der Waals surface area contributed by atoms with Gasteiger partial charge in [0.1, 0.15) is 0 Å². The van der Waals surface area contributed by atoms with Crippen LogP contribution in [0.1, 0.15) is 20.3 Å². The molecule has 8 heteroatoms. The Bertz CT molecular complexity index is 533. The number of carboxylic acid groups (broad SMARTS) is 1. The highest BCUT2D eigenvalue weighted by Crippen LogP contribution is 2.36. The number of hydrogen-bond donors (Lipinski definition) is 2. The van der Waals surface area contributed by atoms with Gasteiger partial charge in [-0.25, -0.2) is 9.59 Å². The Hall–Kier alpha value is -1.38. The van der Waals surface area contributed by atoms with Crippen molar-refractivity contribution in [1.82, 2.24) is 14.7 Å². The lowest BCUT2D eigenvalue weighted by Crippen LogP contribution is -2.55. The summed E-state index contributed by atoms with van der Waals surface area (Å²) in [5.41, 5.74) is 5.67. The Balaban J connectivity index is 1.54. The molecule has 0 aliphatic carbocycles. The summed E-state index contributed by atoms with van der Waals surface area (Å²) < 4.78 is 0.636. The molecule has 3 heterocycles. The second-order valence-electron chi connectivity index (χ2n) is 8.95. The number of hydrogen-bond acceptors (Lipinski definition) is 4. The first-order valence-corrected chi connectivity index (χ1v) is 10.4. The molecule has 2 amide bonds. The molecule has 3 aliphatic heterocycles. The van der Waals surface area contributed by atoms with Gasteiger partial charge in [0, 0.05) is 63.6 Å². The van der Waals surface area contributed by atoms with Crippen molar-refractivity contribution in [3.8, 4) is 0 Å². The number of rotatable bonds is 6. The molecule has 0 radical (unpaired) electrons. The first-order valence-electron chi connectivity index (χ1n) is 10.4. The normalized spacial score (nSPS) is 28.0. The van der Waals surface area contributed by atoms with Crippen molar-refractivity contribution < 1.29 is 19.2 Å². The highest BCUT2D eigenvalue weighted by molar-refractivity contribution is 5.75. The first kappa shape index (κ1) is 20.4. The summed E-state index contributed by atoms with van der Waals surface area (Å²) in [6, 6.07) is 0.702. The average Bonchev–Trinajstić information content (AvgIpc) is 3.15. The van der Waals surface area contributed by atoms with E-state index in [0.717, 1.165) is 65.3 Å². The van der Waals surface area contributed by atoms with Crippen molar-refractivity contribution >= 4 is 12.0 Å². The van der Waals surface area contributed by atoms with Crippen LogP contribution in [0.2, 0.25) is 0 Å². The molecule has 0 bridgehead atoms. The van der Waals surface area contributed by atoms with Crippen molar-refractivity contribution in [3.63, 3.8) is 0 Å². The van der Waals surface area contributed by atoms with Crippen LogP contribution in [0.4, 0.5) is 4.79 Å². The summed E-state index contributed by atoms with van der Waals surface area (Å²) in [6.07, 6.45) is 0.857. The number of carbonyl (C=O) groups is 2. The quantitative estimate of drug-likeness (QED) is 0.629. The number of aliphatic carboxylic acids is 1. The van der Waals surface area contributed by atoms with Crippen molar-refractivity contribution in [3.05, 3.63) is 0 Å². The van der Waals surface area contributed by atoms with Gasteiger partial charge in [-0.15, -0.1) is 0 Å². The Labute approximate surface area is 162 Å². The maximum Gasteiger partial charge on any atom is 0.359 e. The zero-order chi connectivity index (χ0) is 19.6. The summed E-state index contributed by atoms with van der Waals surface area (Å²) in [4.78, 5) is 30.7. The number of amides is 2. The van der Waals surface area contributed by atoms with E-state index < -0.39 is 5.97 Å². The summed E-state index contributed by atoms with van der Waals surface area (Å²) in [5, 5.41) is 9.35. The zero-order valence-electron chi connectivity index (χ0n) is 16.8. The van der Waals surface area contributed by atoms with Gasteiger partial charge in [-0.2, -0.15) is 0 Å². The topological polar surface area (TPSA) is 90.1 Å². The zero-order valence-corrected chi connectivity index (χ0v) is 16.8. The minimum atomic E-state index is -0.733. The van der Waals surface area contributed by atoms with Gasteiger partial charge in [-0.05, 0) is 20.4 Å². The lowest BCUT2D eigenvalue weighted by molar-refractivity contribution is -0.912. The van der Waals surface area contributed by atoms with Crippen LogP contribution in [0.3, 0.4) is 0 Å². The molecule has 0 aromatic heterocycles. The van der Waals surface area contributed by atoms with Crippen molar-refractivity contribution in [1.29, 1.82) is 0 Å². The first-order chi connectivity index (χ1) is 12.8. The van der Waals surface area contributed by atoms with E-state index in [2.05, 4.69) is 18.7 Å². The number of nitrogens with zero attached hydrogens (tertiary/aromatic N) is 4. The molecule has 8 nitrogen and oxygen atoms in total. The Kier molecular flexibility index (Phi) is 6.28. The van der Waals surface area contributed by atoms with E-state index in [1.165, 1.54) is 0 Å². The summed E-state index contributed by atoms with van der Waals surface area (Å²) in [6.45, 7) is 12.8. The second kappa shape index (κ2) is 8.32. The van der Waals surface area contributed by atoms with Gasteiger partial charge in [-0.1, -0.05) is 0 Å². The van der Waals surface area contributed by atoms with E-state index in [1.54, 1.807) is 0 Å². The van der Waals surface area contributed by atoms with Gasteiger partial charge in [0.2, 0.25) is 0 Å². The third-order valence-electron chi connectivity index (χ3n) is 6.71. The number of carboxylic acids is 1. The van der Waals surface area contributed by atoms with E-state index in [1.807, 2.05) is 9.80 Å². The second-order valence-corrected chi connectivity index (χ2v) is 8.95. The molecule has 3 saturated heterocycles. The number of carbonyl (C=O) groups excluding carboxylic acids is 1. The van der Waals surface area contributed by atoms with Gasteiger partial charge in [0.25, 0.3) is 0 Å². The van der Waals surface area contributed by atoms with Crippen LogP contribution in [-0.2, 0) is 4.79 Å². The van der Waals surface area contributed by atoms with Gasteiger partial charge < -0.3 is 25.1 Å². The molecular formula is C19H36N5O3+. The van der Waals surface area contributed by atoms with E-state index in [-0.39, 0.29) is 12.6 Å². The van der Waals surface area contributed by atoms with Gasteiger partial charge in [0.05, 0.1) is 19.6 Å². The SMILES string of the molecule is CC(C)N1CCN(C(=O)N2C[C@H]3C[N+](CCCN)(CC(=O)O)C[C@@H]3C2)CC1. The fraction of sp³-hybridized carbons (Fsp3) is 0.895. The lowest BCUT2D eigenvalue weighted by Gasteiger charge is -2.39. The molecule has 0 saturated carbocycles. The molecule has 0 aromatic carbocycles. The maximum atomic E-state index is 12.9. The largest absolute Gasteiger partial charge is 0.477 e. The van der Waals surface area contributed by atoms with Crippen molar-refractivity contribution in [2.75, 3.05) is 72.0 Å². The lowest BCUT2D eigenvalue weighted by atomic mass is 10.0. The third kappa shape index (κ3) is 4.55. The van der Waals surface area contributed by atoms with Crippen LogP contribution < -0.4 is 5.73 Å². The fourth-order valence-electron chi connectivity index (χ4n) is 5.31. The summed E-state index contributed by atoms with van der Waals surface area (Å²) in [7, 11) is 0. The molecule has 0 spiro atoms. The van der Waals surface area contributed by atoms with Gasteiger partial charge >= 0.3 is 12.0 Å². The summed E-state index contributed by atoms with van der Waals surface area (Å²) >= 11 is 0. The highest BCUT2D eigenvalue weighted by Gasteiger charge is 2.51. The van der Waals surface area contributed by atoms with E-state index in [9.17, 15) is 14.7 Å². The van der Waals surface area contributed by atoms with Crippen molar-refractivity contribution in [2.24, 2.45) is 17.6 Å². The smallest absolute Gasteiger partial charge is 0.359 e. The highest BCUT2D eigenvalue weighted by atomic mass is 16.4. The Morgan fingerprint density at radius 1 is 1.07 bits per heavy atom. The molecule has 3 N–H and O–H groups in total. The predicted octanol–water partition coefficient (Wildman–Crippen LogP) is -0.0558. The molecule has 3 fully saturated rings. The number of piperazine rings is 1. The van der Waals surface area contributed by atoms with Crippen LogP contribution >= 0.6 is 0 Å². The average molecular weight is 383 g/mol. The number of nitrogens with two attached hydrogens (primary N) is 1. The Morgan fingerprint density at radius 2 is 1.67 bits per heavy atom. The Morgan fingerprint density at radius 3 is 2.15 bits per heavy atom. The van der Waals surface area contributed by atoms with E-state index in [0.29, 0.717) is 28.9 Å². The summed E-state index contributed by atoms with van der Waals surface area (Å²) in [5.74, 6) is 0.106. The maximum absolute atomic E-state index is 12.9. The van der Waals surface area contributed by atoms with Crippen LogP contribution in [0.15, 0.2) is 0 Å².